The second-order valence-electron chi connectivity index (χ2n) is 1.94. The van der Waals surface area contributed by atoms with Gasteiger partial charge in [-0.1, -0.05) is 0 Å². The first-order valence-corrected chi connectivity index (χ1v) is 6.12. The molecule has 0 aliphatic heterocycles. The molecule has 0 fully saturated rings. The van der Waals surface area contributed by atoms with Crippen LogP contribution in [-0.2, 0) is 0 Å². The van der Waals surface area contributed by atoms with E-state index in [9.17, 15) is 13.2 Å². The Morgan fingerprint density at radius 2 is 2.00 bits per heavy atom. The summed E-state index contributed by atoms with van der Waals surface area (Å²) in [5.74, 6) is 0. The molecule has 0 saturated carbocycles. The van der Waals surface area contributed by atoms with Gasteiger partial charge >= 0.3 is 65.3 Å². The first kappa shape index (κ1) is 10.3. The van der Waals surface area contributed by atoms with Crippen LogP contribution in [-0.4, -0.2) is 21.9 Å². The van der Waals surface area contributed by atoms with Crippen molar-refractivity contribution in [3.8, 4) is 0 Å². The Labute approximate surface area is 65.9 Å². The maximum absolute atomic E-state index is 11.5. The predicted molar refractivity (Wildman–Crippen MR) is 37.4 cm³/mol. The van der Waals surface area contributed by atoms with Gasteiger partial charge in [-0.15, -0.1) is 0 Å². The second kappa shape index (κ2) is 5.06. The molecule has 61 valence electrons. The molecule has 0 aromatic carbocycles. The number of rotatable bonds is 4. The monoisotopic (exact) mass is 215 g/mol. The molecule has 0 bridgehead atoms. The molecule has 0 aromatic heterocycles. The van der Waals surface area contributed by atoms with Crippen molar-refractivity contribution in [2.45, 2.75) is 29.9 Å². The maximum atomic E-state index is 11.5. The van der Waals surface area contributed by atoms with E-state index in [2.05, 4.69) is 0 Å². The summed E-state index contributed by atoms with van der Waals surface area (Å²) in [5, 5.41) is 0.180. The van der Waals surface area contributed by atoms with Crippen LogP contribution in [0.2, 0.25) is 10.4 Å². The number of halogens is 3. The fraction of sp³-hybridized carbons (Fsp3) is 0.833. The normalized spacial score (nSPS) is 13.2. The van der Waals surface area contributed by atoms with Crippen molar-refractivity contribution in [3.05, 3.63) is 6.42 Å². The molecule has 0 aliphatic rings. The van der Waals surface area contributed by atoms with Gasteiger partial charge in [0.05, 0.1) is 0 Å². The van der Waals surface area contributed by atoms with E-state index in [0.29, 0.717) is 5.21 Å². The molecule has 0 aromatic rings. The minimum atomic E-state index is -3.92. The molecule has 0 aliphatic carbocycles. The third-order valence-corrected chi connectivity index (χ3v) is 3.48. The van der Waals surface area contributed by atoms with Gasteiger partial charge in [0.25, 0.3) is 0 Å². The van der Waals surface area contributed by atoms with Gasteiger partial charge in [-0.05, 0) is 0 Å². The molecule has 0 heterocycles. The topological polar surface area (TPSA) is 0 Å². The van der Waals surface area contributed by atoms with E-state index in [1.54, 1.807) is 0 Å². The van der Waals surface area contributed by atoms with Crippen molar-refractivity contribution in [3.63, 3.8) is 0 Å². The van der Waals surface area contributed by atoms with E-state index in [0.717, 1.165) is 6.42 Å². The van der Waals surface area contributed by atoms with Gasteiger partial charge in [-0.2, -0.15) is 0 Å². The third-order valence-electron chi connectivity index (χ3n) is 0.903. The summed E-state index contributed by atoms with van der Waals surface area (Å²) in [7, 11) is 0. The number of hydrogen-bond acceptors (Lipinski definition) is 0. The van der Waals surface area contributed by atoms with Crippen LogP contribution in [0.15, 0.2) is 0 Å². The fourth-order valence-corrected chi connectivity index (χ4v) is 2.39. The zero-order valence-electron chi connectivity index (χ0n) is 5.83. The molecule has 0 spiro atoms. The number of hydrogen-bond donors (Lipinski definition) is 0. The van der Waals surface area contributed by atoms with Crippen molar-refractivity contribution >= 4 is 15.8 Å². The Bertz CT molecular complexity index is 79.6. The molecule has 0 amide bonds. The van der Waals surface area contributed by atoms with Crippen LogP contribution in [0.1, 0.15) is 13.3 Å². The first-order valence-electron chi connectivity index (χ1n) is 3.15. The molecule has 0 nitrogen and oxygen atoms in total. The zero-order valence-corrected chi connectivity index (χ0v) is 7.93. The Morgan fingerprint density at radius 1 is 1.40 bits per heavy atom. The minimum absolute atomic E-state index is 0.524. The van der Waals surface area contributed by atoms with Crippen molar-refractivity contribution in [2.75, 3.05) is 0 Å². The standard InChI is InChI=1S/C6H11AsF3/c1-2-3-4-7-5-6(8,9)10/h3,7H,2,4-5H2,1H3. The van der Waals surface area contributed by atoms with Gasteiger partial charge in [-0.25, -0.2) is 0 Å². The van der Waals surface area contributed by atoms with Crippen molar-refractivity contribution in [2.24, 2.45) is 0 Å². The van der Waals surface area contributed by atoms with Crippen LogP contribution in [0.25, 0.3) is 0 Å². The van der Waals surface area contributed by atoms with Gasteiger partial charge in [0.15, 0.2) is 0 Å². The summed E-state index contributed by atoms with van der Waals surface area (Å²) in [6, 6.07) is 0. The van der Waals surface area contributed by atoms with Gasteiger partial charge in [-0.3, -0.25) is 0 Å². The Kier molecular flexibility index (Phi) is 5.24. The van der Waals surface area contributed by atoms with Crippen LogP contribution in [0, 0.1) is 6.42 Å². The molecular formula is C6H11AsF3. The Morgan fingerprint density at radius 3 is 2.40 bits per heavy atom. The van der Waals surface area contributed by atoms with Crippen molar-refractivity contribution in [1.82, 2.24) is 0 Å². The molecule has 0 saturated heterocycles. The molecule has 0 N–H and O–H groups in total. The Balaban J connectivity index is 3.04. The summed E-state index contributed by atoms with van der Waals surface area (Å²) in [4.78, 5) is 0. The molecular weight excluding hydrogens is 204 g/mol. The molecule has 1 atom stereocenters. The van der Waals surface area contributed by atoms with Gasteiger partial charge in [0.1, 0.15) is 0 Å². The van der Waals surface area contributed by atoms with E-state index in [-0.39, 0.29) is 0 Å². The van der Waals surface area contributed by atoms with Crippen LogP contribution in [0.4, 0.5) is 13.2 Å². The fourth-order valence-electron chi connectivity index (χ4n) is 0.460. The number of alkyl halides is 3. The van der Waals surface area contributed by atoms with E-state index in [1.807, 2.05) is 13.3 Å². The predicted octanol–water partition coefficient (Wildman–Crippen LogP) is 2.44. The second-order valence-corrected chi connectivity index (χ2v) is 4.59. The SMILES string of the molecule is CC[CH]C[AsH]CC(F)(F)F. The Hall–Kier alpha value is 0.348. The molecule has 10 heavy (non-hydrogen) atoms. The first-order chi connectivity index (χ1) is 4.56. The average molecular weight is 215 g/mol. The molecule has 4 heteroatoms. The van der Waals surface area contributed by atoms with E-state index < -0.39 is 27.1 Å². The van der Waals surface area contributed by atoms with Gasteiger partial charge < -0.3 is 0 Å². The molecule has 1 unspecified atom stereocenters. The van der Waals surface area contributed by atoms with Crippen LogP contribution < -0.4 is 0 Å². The van der Waals surface area contributed by atoms with Crippen molar-refractivity contribution < 1.29 is 13.2 Å². The van der Waals surface area contributed by atoms with E-state index in [1.165, 1.54) is 0 Å². The van der Waals surface area contributed by atoms with Crippen LogP contribution >= 0.6 is 0 Å². The van der Waals surface area contributed by atoms with Gasteiger partial charge in [0, 0.05) is 0 Å². The van der Waals surface area contributed by atoms with Crippen LogP contribution in [0.5, 0.6) is 0 Å². The van der Waals surface area contributed by atoms with E-state index >= 15 is 0 Å². The average Bonchev–Trinajstić information content (AvgIpc) is 1.78. The summed E-state index contributed by atoms with van der Waals surface area (Å²) in [5.41, 5.74) is 0. The summed E-state index contributed by atoms with van der Waals surface area (Å²) < 4.78 is 34.5. The quantitative estimate of drug-likeness (QED) is 0.499. The van der Waals surface area contributed by atoms with Gasteiger partial charge in [0.2, 0.25) is 0 Å². The van der Waals surface area contributed by atoms with E-state index in [4.69, 9.17) is 0 Å². The zero-order chi connectivity index (χ0) is 8.04. The van der Waals surface area contributed by atoms with Crippen LogP contribution in [0.3, 0.4) is 0 Å². The third kappa shape index (κ3) is 8.35. The summed E-state index contributed by atoms with van der Waals surface area (Å²) in [6.45, 7) is 1.94. The molecule has 1 radical (unpaired) electrons. The molecule has 0 rings (SSSR count). The number of unbranched alkanes of at least 4 members (excludes halogenated alkanes) is 1. The summed E-state index contributed by atoms with van der Waals surface area (Å²) >= 11 is -0.773. The van der Waals surface area contributed by atoms with Crippen molar-refractivity contribution in [1.29, 1.82) is 0 Å². The summed E-state index contributed by atoms with van der Waals surface area (Å²) in [6.07, 6.45) is -1.10.